The van der Waals surface area contributed by atoms with Crippen LogP contribution in [-0.4, -0.2) is 41.9 Å². The molecule has 1 aliphatic carbocycles. The van der Waals surface area contributed by atoms with E-state index in [0.29, 0.717) is 6.42 Å². The van der Waals surface area contributed by atoms with Crippen LogP contribution in [0.2, 0.25) is 0 Å². The minimum atomic E-state index is -0.808. The lowest BCUT2D eigenvalue weighted by molar-refractivity contribution is -0.130. The van der Waals surface area contributed by atoms with Gasteiger partial charge in [-0.05, 0) is 51.4 Å². The van der Waals surface area contributed by atoms with Crippen molar-refractivity contribution in [2.24, 2.45) is 17.1 Å². The molecular formula is C19H32N4O3. The van der Waals surface area contributed by atoms with Crippen LogP contribution >= 0.6 is 0 Å². The third kappa shape index (κ3) is 4.19. The number of nitrogens with two attached hydrogens (primary N) is 1. The second-order valence-corrected chi connectivity index (χ2v) is 9.17. The number of rotatable bonds is 5. The molecule has 3 rings (SSSR count). The van der Waals surface area contributed by atoms with Crippen molar-refractivity contribution >= 4 is 17.7 Å². The molecule has 2 heterocycles. The largest absolute Gasteiger partial charge is 0.368 e. The van der Waals surface area contributed by atoms with Gasteiger partial charge in [0.15, 0.2) is 0 Å². The Balaban J connectivity index is 1.57. The van der Waals surface area contributed by atoms with Crippen molar-refractivity contribution in [3.63, 3.8) is 0 Å². The van der Waals surface area contributed by atoms with Crippen LogP contribution in [0.1, 0.15) is 65.2 Å². The van der Waals surface area contributed by atoms with Crippen LogP contribution in [0.15, 0.2) is 0 Å². The molecule has 2 saturated heterocycles. The van der Waals surface area contributed by atoms with E-state index in [9.17, 15) is 14.4 Å². The molecule has 3 fully saturated rings. The number of hydrogen-bond acceptors (Lipinski definition) is 4. The summed E-state index contributed by atoms with van der Waals surface area (Å²) in [5.74, 6) is -1.13. The van der Waals surface area contributed by atoms with Crippen LogP contribution in [0, 0.1) is 11.3 Å². The number of amides is 3. The summed E-state index contributed by atoms with van der Waals surface area (Å²) in [5, 5.41) is 9.05. The Kier molecular flexibility index (Phi) is 5.28. The van der Waals surface area contributed by atoms with Crippen LogP contribution in [0.4, 0.5) is 0 Å². The third-order valence-corrected chi connectivity index (χ3v) is 6.36. The van der Waals surface area contributed by atoms with Gasteiger partial charge in [-0.25, -0.2) is 0 Å². The van der Waals surface area contributed by atoms with Crippen molar-refractivity contribution in [2.45, 2.75) is 82.8 Å². The Bertz CT molecular complexity index is 583. The van der Waals surface area contributed by atoms with E-state index >= 15 is 0 Å². The SMILES string of the molecule is CC1(C)C[C@@H](C[C@H](NC(=O)C2CC3(CCCCC3)CN2)C(N)=O)C(=O)N1. The van der Waals surface area contributed by atoms with E-state index in [1.807, 2.05) is 13.8 Å². The Hall–Kier alpha value is -1.63. The maximum atomic E-state index is 12.7. The van der Waals surface area contributed by atoms with Crippen LogP contribution in [0.25, 0.3) is 0 Å². The Morgan fingerprint density at radius 1 is 1.23 bits per heavy atom. The fourth-order valence-electron chi connectivity index (χ4n) is 4.97. The van der Waals surface area contributed by atoms with Crippen LogP contribution in [0.3, 0.4) is 0 Å². The number of nitrogens with one attached hydrogen (secondary N) is 3. The average Bonchev–Trinajstić information content (AvgIpc) is 3.07. The lowest BCUT2D eigenvalue weighted by Gasteiger charge is -2.32. The molecule has 3 amide bonds. The first-order chi connectivity index (χ1) is 12.2. The highest BCUT2D eigenvalue weighted by atomic mass is 16.2. The summed E-state index contributed by atoms with van der Waals surface area (Å²) in [6.07, 6.45) is 7.79. The lowest BCUT2D eigenvalue weighted by Crippen LogP contribution is -2.51. The Labute approximate surface area is 155 Å². The zero-order valence-electron chi connectivity index (χ0n) is 15.9. The van der Waals surface area contributed by atoms with E-state index in [1.54, 1.807) is 0 Å². The molecule has 0 aromatic rings. The van der Waals surface area contributed by atoms with Gasteiger partial charge in [0.05, 0.1) is 6.04 Å². The van der Waals surface area contributed by atoms with Gasteiger partial charge in [-0.2, -0.15) is 0 Å². The van der Waals surface area contributed by atoms with Gasteiger partial charge in [0, 0.05) is 18.0 Å². The Morgan fingerprint density at radius 3 is 2.50 bits per heavy atom. The van der Waals surface area contributed by atoms with E-state index in [-0.39, 0.29) is 41.1 Å². The first kappa shape index (κ1) is 19.1. The molecular weight excluding hydrogens is 332 g/mol. The molecule has 0 bridgehead atoms. The molecule has 7 heteroatoms. The van der Waals surface area contributed by atoms with Crippen molar-refractivity contribution in [3.8, 4) is 0 Å². The smallest absolute Gasteiger partial charge is 0.240 e. The monoisotopic (exact) mass is 364 g/mol. The zero-order chi connectivity index (χ0) is 18.9. The van der Waals surface area contributed by atoms with Gasteiger partial charge in [0.2, 0.25) is 17.7 Å². The summed E-state index contributed by atoms with van der Waals surface area (Å²) >= 11 is 0. The van der Waals surface area contributed by atoms with E-state index in [1.165, 1.54) is 32.1 Å². The van der Waals surface area contributed by atoms with Crippen molar-refractivity contribution in [1.82, 2.24) is 16.0 Å². The van der Waals surface area contributed by atoms with E-state index in [4.69, 9.17) is 5.73 Å². The topological polar surface area (TPSA) is 113 Å². The highest BCUT2D eigenvalue weighted by Gasteiger charge is 2.43. The molecule has 1 spiro atoms. The first-order valence-corrected chi connectivity index (χ1v) is 9.85. The van der Waals surface area contributed by atoms with Crippen molar-refractivity contribution < 1.29 is 14.4 Å². The standard InChI is InChI=1S/C19H32N4O3/c1-18(2)9-12(16(25)23-18)8-13(15(20)24)22-17(26)14-10-19(11-21-14)6-4-3-5-7-19/h12-14,21H,3-11H2,1-2H3,(H2,20,24)(H,22,26)(H,23,25)/t12-,13+,14?/m1/s1. The highest BCUT2D eigenvalue weighted by Crippen LogP contribution is 2.42. The number of hydrogen-bond donors (Lipinski definition) is 4. The zero-order valence-corrected chi connectivity index (χ0v) is 15.9. The first-order valence-electron chi connectivity index (χ1n) is 9.85. The maximum Gasteiger partial charge on any atom is 0.240 e. The van der Waals surface area contributed by atoms with Crippen LogP contribution in [0.5, 0.6) is 0 Å². The average molecular weight is 364 g/mol. The fraction of sp³-hybridized carbons (Fsp3) is 0.842. The molecule has 1 unspecified atom stereocenters. The van der Waals surface area contributed by atoms with Gasteiger partial charge in [-0.1, -0.05) is 19.3 Å². The molecule has 5 N–H and O–H groups in total. The van der Waals surface area contributed by atoms with Crippen LogP contribution < -0.4 is 21.7 Å². The molecule has 146 valence electrons. The van der Waals surface area contributed by atoms with Gasteiger partial charge < -0.3 is 21.7 Å². The normalized spacial score (nSPS) is 30.8. The second kappa shape index (κ2) is 7.18. The summed E-state index contributed by atoms with van der Waals surface area (Å²) in [5.41, 5.74) is 5.46. The molecule has 3 atom stereocenters. The maximum absolute atomic E-state index is 12.7. The summed E-state index contributed by atoms with van der Waals surface area (Å²) in [4.78, 5) is 36.6. The molecule has 0 aromatic heterocycles. The second-order valence-electron chi connectivity index (χ2n) is 9.17. The molecule has 0 radical (unpaired) electrons. The third-order valence-electron chi connectivity index (χ3n) is 6.36. The molecule has 26 heavy (non-hydrogen) atoms. The predicted octanol–water partition coefficient (Wildman–Crippen LogP) is 0.574. The molecule has 2 aliphatic heterocycles. The fourth-order valence-corrected chi connectivity index (χ4v) is 4.97. The molecule has 3 aliphatic rings. The number of carbonyl (C=O) groups excluding carboxylic acids is 3. The highest BCUT2D eigenvalue weighted by molar-refractivity contribution is 5.90. The van der Waals surface area contributed by atoms with Gasteiger partial charge in [-0.3, -0.25) is 14.4 Å². The van der Waals surface area contributed by atoms with E-state index in [0.717, 1.165) is 13.0 Å². The summed E-state index contributed by atoms with van der Waals surface area (Å²) in [7, 11) is 0. The quantitative estimate of drug-likeness (QED) is 0.571. The Morgan fingerprint density at radius 2 is 1.92 bits per heavy atom. The van der Waals surface area contributed by atoms with Gasteiger partial charge in [0.1, 0.15) is 6.04 Å². The minimum Gasteiger partial charge on any atom is -0.368 e. The summed E-state index contributed by atoms with van der Waals surface area (Å²) in [6.45, 7) is 4.77. The van der Waals surface area contributed by atoms with Gasteiger partial charge in [0.25, 0.3) is 0 Å². The lowest BCUT2D eigenvalue weighted by atomic mass is 9.72. The van der Waals surface area contributed by atoms with Crippen molar-refractivity contribution in [2.75, 3.05) is 6.54 Å². The molecule has 1 saturated carbocycles. The minimum absolute atomic E-state index is 0.0735. The van der Waals surface area contributed by atoms with Gasteiger partial charge >= 0.3 is 0 Å². The van der Waals surface area contributed by atoms with Gasteiger partial charge in [-0.15, -0.1) is 0 Å². The van der Waals surface area contributed by atoms with Crippen molar-refractivity contribution in [1.29, 1.82) is 0 Å². The summed E-state index contributed by atoms with van der Waals surface area (Å²) < 4.78 is 0. The number of carbonyl (C=O) groups is 3. The van der Waals surface area contributed by atoms with E-state index in [2.05, 4.69) is 16.0 Å². The van der Waals surface area contributed by atoms with E-state index < -0.39 is 11.9 Å². The predicted molar refractivity (Wildman–Crippen MR) is 98.0 cm³/mol. The molecule has 7 nitrogen and oxygen atoms in total. The van der Waals surface area contributed by atoms with Crippen LogP contribution in [-0.2, 0) is 14.4 Å². The van der Waals surface area contributed by atoms with Crippen molar-refractivity contribution in [3.05, 3.63) is 0 Å². The summed E-state index contributed by atoms with van der Waals surface area (Å²) in [6, 6.07) is -1.08. The number of primary amides is 1. The molecule has 0 aromatic carbocycles.